The van der Waals surface area contributed by atoms with E-state index >= 15 is 0 Å². The number of hydrogen-bond acceptors (Lipinski definition) is 3. The van der Waals surface area contributed by atoms with E-state index in [-0.39, 0.29) is 18.0 Å². The zero-order valence-electron chi connectivity index (χ0n) is 18.0. The van der Waals surface area contributed by atoms with Crippen molar-refractivity contribution >= 4 is 5.97 Å². The first-order valence-electron chi connectivity index (χ1n) is 11.1. The molecule has 0 bridgehead atoms. The van der Waals surface area contributed by atoms with E-state index in [0.29, 0.717) is 29.8 Å². The van der Waals surface area contributed by atoms with Crippen LogP contribution in [-0.2, 0) is 9.53 Å². The molecule has 3 aliphatic carbocycles. The van der Waals surface area contributed by atoms with E-state index in [2.05, 4.69) is 33.8 Å². The highest BCUT2D eigenvalue weighted by Crippen LogP contribution is 2.65. The van der Waals surface area contributed by atoms with Gasteiger partial charge < -0.3 is 9.84 Å². The molecule has 0 aromatic heterocycles. The van der Waals surface area contributed by atoms with E-state index in [9.17, 15) is 9.90 Å². The Morgan fingerprint density at radius 1 is 1.25 bits per heavy atom. The molecule has 3 heteroatoms. The Bertz CT molecular complexity index is 754. The lowest BCUT2D eigenvalue weighted by Gasteiger charge is -2.62. The van der Waals surface area contributed by atoms with Crippen molar-refractivity contribution in [3.8, 4) is 0 Å². The third-order valence-electron chi connectivity index (χ3n) is 8.50. The number of aliphatic hydroxyl groups excluding tert-OH is 1. The van der Waals surface area contributed by atoms with Crippen molar-refractivity contribution in [3.05, 3.63) is 34.4 Å². The Morgan fingerprint density at radius 3 is 2.68 bits per heavy atom. The molecule has 1 heterocycles. The summed E-state index contributed by atoms with van der Waals surface area (Å²) in [5.41, 5.74) is 6.17. The van der Waals surface area contributed by atoms with Gasteiger partial charge in [0.15, 0.2) is 0 Å². The number of ether oxygens (including phenoxy) is 1. The molecule has 1 aliphatic heterocycles. The lowest BCUT2D eigenvalue weighted by atomic mass is 9.42. The molecule has 1 saturated carbocycles. The van der Waals surface area contributed by atoms with Crippen LogP contribution in [0.3, 0.4) is 0 Å². The van der Waals surface area contributed by atoms with Crippen LogP contribution >= 0.6 is 0 Å². The van der Waals surface area contributed by atoms with Gasteiger partial charge in [0.2, 0.25) is 0 Å². The molecule has 4 rings (SSSR count). The molecule has 0 saturated heterocycles. The number of allylic oxidation sites excluding steroid dienone is 3. The number of aliphatic hydroxyl groups is 1. The maximum absolute atomic E-state index is 11.8. The van der Waals surface area contributed by atoms with Gasteiger partial charge in [-0.2, -0.15) is 0 Å². The SMILES string of the molecule is CC1=C(CC[C@]2(C)[C@H]3CCC(CO)=C[C@H]3[C@@H]2C2=CC(=O)OC2)C(C)(C)CCC1. The zero-order chi connectivity index (χ0) is 20.1. The Hall–Kier alpha value is -1.35. The fourth-order valence-corrected chi connectivity index (χ4v) is 6.99. The van der Waals surface area contributed by atoms with Crippen molar-refractivity contribution in [2.24, 2.45) is 28.6 Å². The summed E-state index contributed by atoms with van der Waals surface area (Å²) in [6.07, 6.45) is 12.5. The van der Waals surface area contributed by atoms with Crippen LogP contribution in [0, 0.1) is 28.6 Å². The van der Waals surface area contributed by atoms with Gasteiger partial charge in [-0.05, 0) is 91.6 Å². The molecule has 4 aliphatic rings. The second-order valence-electron chi connectivity index (χ2n) is 10.5. The Morgan fingerprint density at radius 2 is 2.04 bits per heavy atom. The normalized spacial score (nSPS) is 37.0. The number of hydrogen-bond donors (Lipinski definition) is 1. The minimum atomic E-state index is -0.185. The number of cyclic esters (lactones) is 1. The molecule has 154 valence electrons. The molecule has 28 heavy (non-hydrogen) atoms. The second kappa shape index (κ2) is 7.16. The van der Waals surface area contributed by atoms with Crippen LogP contribution in [0.15, 0.2) is 34.4 Å². The monoisotopic (exact) mass is 384 g/mol. The van der Waals surface area contributed by atoms with E-state index in [1.165, 1.54) is 43.3 Å². The number of esters is 1. The van der Waals surface area contributed by atoms with Crippen LogP contribution in [0.25, 0.3) is 0 Å². The molecule has 4 atom stereocenters. The van der Waals surface area contributed by atoms with Gasteiger partial charge in [0, 0.05) is 6.08 Å². The molecular weight excluding hydrogens is 348 g/mol. The van der Waals surface area contributed by atoms with Crippen molar-refractivity contribution in [2.45, 2.75) is 72.6 Å². The topological polar surface area (TPSA) is 46.5 Å². The predicted molar refractivity (Wildman–Crippen MR) is 112 cm³/mol. The summed E-state index contributed by atoms with van der Waals surface area (Å²) >= 11 is 0. The molecule has 0 aromatic carbocycles. The van der Waals surface area contributed by atoms with Gasteiger partial charge in [-0.25, -0.2) is 4.79 Å². The summed E-state index contributed by atoms with van der Waals surface area (Å²) < 4.78 is 5.28. The Kier molecular flexibility index (Phi) is 5.10. The number of fused-ring (bicyclic) bond motifs is 1. The first kappa shape index (κ1) is 19.9. The van der Waals surface area contributed by atoms with Crippen molar-refractivity contribution < 1.29 is 14.6 Å². The van der Waals surface area contributed by atoms with Gasteiger partial charge in [-0.3, -0.25) is 0 Å². The highest BCUT2D eigenvalue weighted by Gasteiger charge is 2.59. The summed E-state index contributed by atoms with van der Waals surface area (Å²) in [5.74, 6) is 1.29. The van der Waals surface area contributed by atoms with Crippen molar-refractivity contribution in [3.63, 3.8) is 0 Å². The Labute approximate surface area is 169 Å². The molecule has 0 spiro atoms. The molecule has 0 unspecified atom stereocenters. The standard InChI is InChI=1S/C25H36O3/c1-16-6-5-10-24(2,3)20(16)9-11-25(4)21-8-7-17(14-26)12-19(21)23(25)18-13-22(27)28-15-18/h12-13,19,21,23,26H,5-11,14-15H2,1-4H3/t19-,21+,23+,25-/m1/s1. The summed E-state index contributed by atoms with van der Waals surface area (Å²) in [7, 11) is 0. The lowest BCUT2D eigenvalue weighted by Crippen LogP contribution is -2.56. The molecule has 0 aromatic rings. The quantitative estimate of drug-likeness (QED) is 0.513. The summed E-state index contributed by atoms with van der Waals surface area (Å²) in [6, 6.07) is 0. The van der Waals surface area contributed by atoms with Gasteiger partial charge in [0.1, 0.15) is 6.61 Å². The van der Waals surface area contributed by atoms with Crippen molar-refractivity contribution in [1.29, 1.82) is 0 Å². The van der Waals surface area contributed by atoms with E-state index in [0.717, 1.165) is 12.8 Å². The summed E-state index contributed by atoms with van der Waals surface area (Å²) in [4.78, 5) is 11.8. The van der Waals surface area contributed by atoms with Crippen LogP contribution in [0.4, 0.5) is 0 Å². The van der Waals surface area contributed by atoms with E-state index in [1.54, 1.807) is 17.2 Å². The third-order valence-corrected chi connectivity index (χ3v) is 8.50. The first-order valence-corrected chi connectivity index (χ1v) is 11.1. The van der Waals surface area contributed by atoms with E-state index < -0.39 is 0 Å². The van der Waals surface area contributed by atoms with E-state index in [4.69, 9.17) is 4.74 Å². The molecule has 1 N–H and O–H groups in total. The fourth-order valence-electron chi connectivity index (χ4n) is 6.99. The number of rotatable bonds is 5. The maximum atomic E-state index is 11.8. The minimum absolute atomic E-state index is 0.168. The molecule has 0 amide bonds. The molecule has 0 radical (unpaired) electrons. The minimum Gasteiger partial charge on any atom is -0.458 e. The van der Waals surface area contributed by atoms with Gasteiger partial charge in [-0.15, -0.1) is 0 Å². The smallest absolute Gasteiger partial charge is 0.331 e. The second-order valence-corrected chi connectivity index (χ2v) is 10.5. The van der Waals surface area contributed by atoms with Gasteiger partial charge >= 0.3 is 5.97 Å². The lowest BCUT2D eigenvalue weighted by molar-refractivity contribution is -0.135. The predicted octanol–water partition coefficient (Wildman–Crippen LogP) is 5.36. The van der Waals surface area contributed by atoms with Crippen LogP contribution < -0.4 is 0 Å². The zero-order valence-corrected chi connectivity index (χ0v) is 18.0. The molecule has 3 nitrogen and oxygen atoms in total. The number of carbonyl (C=O) groups is 1. The molecule has 1 fully saturated rings. The van der Waals surface area contributed by atoms with Crippen LogP contribution in [-0.4, -0.2) is 24.3 Å². The Balaban J connectivity index is 1.60. The maximum Gasteiger partial charge on any atom is 0.331 e. The average Bonchev–Trinajstić information content (AvgIpc) is 3.05. The largest absolute Gasteiger partial charge is 0.458 e. The van der Waals surface area contributed by atoms with Crippen LogP contribution in [0.1, 0.15) is 72.6 Å². The average molecular weight is 385 g/mol. The third kappa shape index (κ3) is 3.20. The van der Waals surface area contributed by atoms with Crippen molar-refractivity contribution in [1.82, 2.24) is 0 Å². The molecular formula is C25H36O3. The van der Waals surface area contributed by atoms with Crippen LogP contribution in [0.2, 0.25) is 0 Å². The van der Waals surface area contributed by atoms with Gasteiger partial charge in [-0.1, -0.05) is 38.0 Å². The van der Waals surface area contributed by atoms with E-state index in [1.807, 2.05) is 0 Å². The highest BCUT2D eigenvalue weighted by molar-refractivity contribution is 5.85. The summed E-state index contributed by atoms with van der Waals surface area (Å²) in [5, 5.41) is 9.64. The van der Waals surface area contributed by atoms with Gasteiger partial charge in [0.05, 0.1) is 6.61 Å². The van der Waals surface area contributed by atoms with Crippen molar-refractivity contribution in [2.75, 3.05) is 13.2 Å². The first-order chi connectivity index (χ1) is 13.3. The van der Waals surface area contributed by atoms with Gasteiger partial charge in [0.25, 0.3) is 0 Å². The fraction of sp³-hybridized carbons (Fsp3) is 0.720. The highest BCUT2D eigenvalue weighted by atomic mass is 16.5. The van der Waals surface area contributed by atoms with Crippen LogP contribution in [0.5, 0.6) is 0 Å². The number of carbonyl (C=O) groups excluding carboxylic acids is 1. The summed E-state index contributed by atoms with van der Waals surface area (Å²) in [6.45, 7) is 10.2.